The van der Waals surface area contributed by atoms with Crippen LogP contribution in [0.3, 0.4) is 0 Å². The molecule has 3 heterocycles. The molecule has 5 aromatic rings. The molecule has 15 heteroatoms. The van der Waals surface area contributed by atoms with Crippen molar-refractivity contribution in [1.29, 1.82) is 0 Å². The Morgan fingerprint density at radius 1 is 1.24 bits per heavy atom. The van der Waals surface area contributed by atoms with Gasteiger partial charge in [-0.05, 0) is 35.5 Å². The van der Waals surface area contributed by atoms with E-state index in [1.165, 1.54) is 25.4 Å². The molecule has 0 unspecified atom stereocenters. The smallest absolute Gasteiger partial charge is 0.321 e. The third-order valence-corrected chi connectivity index (χ3v) is 5.29. The molecular weight excluding hydrogens is 488 g/mol. The largest absolute Gasteiger partial charge is 0.496 e. The molecule has 0 saturated carbocycles. The molecule has 13 nitrogen and oxygen atoms in total. The van der Waals surface area contributed by atoms with Gasteiger partial charge in [0.15, 0.2) is 23.1 Å². The van der Waals surface area contributed by atoms with Gasteiger partial charge in [-0.15, -0.1) is 5.10 Å². The van der Waals surface area contributed by atoms with E-state index in [9.17, 15) is 13.6 Å². The number of ether oxygens (including phenoxy) is 1. The second-order valence-electron chi connectivity index (χ2n) is 7.62. The highest BCUT2D eigenvalue weighted by Crippen LogP contribution is 2.34. The fourth-order valence-electron chi connectivity index (χ4n) is 3.62. The lowest BCUT2D eigenvalue weighted by atomic mass is 10.1. The maximum absolute atomic E-state index is 14.5. The van der Waals surface area contributed by atoms with Gasteiger partial charge in [0.1, 0.15) is 11.4 Å². The second-order valence-corrected chi connectivity index (χ2v) is 7.62. The van der Waals surface area contributed by atoms with E-state index in [1.54, 1.807) is 19.1 Å². The Morgan fingerprint density at radius 3 is 2.86 bits per heavy atom. The van der Waals surface area contributed by atoms with E-state index in [1.807, 2.05) is 0 Å². The Morgan fingerprint density at radius 2 is 2.08 bits per heavy atom. The first-order valence-electron chi connectivity index (χ1n) is 10.9. The molecule has 0 saturated heterocycles. The summed E-state index contributed by atoms with van der Waals surface area (Å²) in [6.45, 7) is 2.25. The van der Waals surface area contributed by atoms with Crippen molar-refractivity contribution in [2.45, 2.75) is 6.92 Å². The number of benzene rings is 2. The Balaban J connectivity index is 1.59. The Bertz CT molecular complexity index is 1630. The van der Waals surface area contributed by atoms with Gasteiger partial charge in [0.2, 0.25) is 11.8 Å². The number of imidazole rings is 1. The topological polar surface area (TPSA) is 174 Å². The van der Waals surface area contributed by atoms with E-state index in [-0.39, 0.29) is 29.0 Å². The number of H-pyrrole nitrogens is 1. The number of nitrogen functional groups attached to an aromatic ring is 1. The zero-order valence-corrected chi connectivity index (χ0v) is 19.5. The number of nitrogens with two attached hydrogens (primary N) is 1. The number of carbonyl (C=O) groups excluding carboxylic acids is 1. The van der Waals surface area contributed by atoms with Crippen molar-refractivity contribution in [1.82, 2.24) is 45.5 Å². The van der Waals surface area contributed by atoms with Crippen molar-refractivity contribution in [2.24, 2.45) is 0 Å². The van der Waals surface area contributed by atoms with Gasteiger partial charge < -0.3 is 20.8 Å². The number of hydrogen-bond acceptors (Lipinski definition) is 9. The number of aromatic nitrogens is 8. The third-order valence-electron chi connectivity index (χ3n) is 5.29. The monoisotopic (exact) mass is 507 g/mol. The predicted octanol–water partition coefficient (Wildman–Crippen LogP) is 2.67. The van der Waals surface area contributed by atoms with Crippen LogP contribution in [0.15, 0.2) is 36.5 Å². The molecule has 5 rings (SSSR count). The summed E-state index contributed by atoms with van der Waals surface area (Å²) < 4.78 is 34.8. The quantitative estimate of drug-likeness (QED) is 0.269. The molecular formula is C22H19F2N11O2. The van der Waals surface area contributed by atoms with E-state index >= 15 is 0 Å². The van der Waals surface area contributed by atoms with Gasteiger partial charge >= 0.3 is 6.03 Å². The molecule has 0 aliphatic rings. The van der Waals surface area contributed by atoms with Crippen LogP contribution in [0.25, 0.3) is 39.5 Å². The van der Waals surface area contributed by atoms with Gasteiger partial charge in [0.25, 0.3) is 0 Å². The molecule has 0 spiro atoms. The summed E-state index contributed by atoms with van der Waals surface area (Å²) >= 11 is 0. The molecule has 0 atom stereocenters. The zero-order chi connectivity index (χ0) is 26.1. The first-order valence-corrected chi connectivity index (χ1v) is 10.9. The van der Waals surface area contributed by atoms with E-state index in [2.05, 4.69) is 46.1 Å². The average molecular weight is 507 g/mol. The number of nitrogens with zero attached hydrogens (tertiary/aromatic N) is 7. The van der Waals surface area contributed by atoms with Crippen LogP contribution in [-0.4, -0.2) is 59.8 Å². The van der Waals surface area contributed by atoms with Crippen LogP contribution >= 0.6 is 0 Å². The molecule has 0 fully saturated rings. The lowest BCUT2D eigenvalue weighted by Crippen LogP contribution is -2.28. The van der Waals surface area contributed by atoms with Crippen molar-refractivity contribution in [3.63, 3.8) is 0 Å². The minimum Gasteiger partial charge on any atom is -0.496 e. The highest BCUT2D eigenvalue weighted by atomic mass is 19.2. The predicted molar refractivity (Wildman–Crippen MR) is 129 cm³/mol. The number of amides is 2. The summed E-state index contributed by atoms with van der Waals surface area (Å²) in [5, 5.41) is 16.5. The van der Waals surface area contributed by atoms with Gasteiger partial charge in [0.05, 0.1) is 30.0 Å². The standard InChI is InChI=1S/C22H19F2N11O2/c1-3-26-22(36)31-21-29-12-7-10(16(37-2)8-13(12)30-21)14-9-27-19(25)18(28-14)20-32-33-34-35(20)15-6-4-5-11(23)17(15)24/h4-9H,3H2,1-2H3,(H2,25,27)(H3,26,29,30,31,36). The summed E-state index contributed by atoms with van der Waals surface area (Å²) in [7, 11) is 1.48. The minimum atomic E-state index is -1.14. The number of nitrogens with one attached hydrogen (secondary N) is 3. The molecule has 3 aromatic heterocycles. The van der Waals surface area contributed by atoms with Gasteiger partial charge in [0, 0.05) is 18.2 Å². The fraction of sp³-hybridized carbons (Fsp3) is 0.136. The number of fused-ring (bicyclic) bond motifs is 1. The fourth-order valence-corrected chi connectivity index (χ4v) is 3.62. The van der Waals surface area contributed by atoms with Gasteiger partial charge in [-0.3, -0.25) is 5.32 Å². The summed E-state index contributed by atoms with van der Waals surface area (Å²) in [6, 6.07) is 6.58. The summed E-state index contributed by atoms with van der Waals surface area (Å²) in [5.41, 5.74) is 7.79. The van der Waals surface area contributed by atoms with Gasteiger partial charge in [-0.1, -0.05) is 6.07 Å². The third kappa shape index (κ3) is 4.33. The van der Waals surface area contributed by atoms with E-state index < -0.39 is 17.7 Å². The number of carbonyl (C=O) groups is 1. The lowest BCUT2D eigenvalue weighted by Gasteiger charge is -2.11. The Labute approximate surface area is 207 Å². The number of aromatic amines is 1. The van der Waals surface area contributed by atoms with Crippen LogP contribution in [0.2, 0.25) is 0 Å². The number of anilines is 2. The summed E-state index contributed by atoms with van der Waals surface area (Å²) in [5.74, 6) is -1.64. The molecule has 0 bridgehead atoms. The number of hydrogen-bond donors (Lipinski definition) is 4. The molecule has 0 radical (unpaired) electrons. The number of tetrazole rings is 1. The molecule has 2 amide bonds. The Kier molecular flexibility index (Phi) is 6.01. The van der Waals surface area contributed by atoms with Gasteiger partial charge in [-0.2, -0.15) is 4.68 Å². The van der Waals surface area contributed by atoms with Crippen LogP contribution in [0.1, 0.15) is 6.92 Å². The normalized spacial score (nSPS) is 11.0. The van der Waals surface area contributed by atoms with Crippen LogP contribution < -0.4 is 21.1 Å². The number of rotatable bonds is 6. The molecule has 5 N–H and O–H groups in total. The highest BCUT2D eigenvalue weighted by Gasteiger charge is 2.22. The van der Waals surface area contributed by atoms with Crippen LogP contribution in [0, 0.1) is 11.6 Å². The molecule has 0 aliphatic heterocycles. The Hall–Kier alpha value is -5.21. The second kappa shape index (κ2) is 9.44. The van der Waals surface area contributed by atoms with Crippen LogP contribution in [0.5, 0.6) is 5.75 Å². The highest BCUT2D eigenvalue weighted by molar-refractivity contribution is 5.92. The number of urea groups is 1. The first kappa shape index (κ1) is 23.5. The SMILES string of the molecule is CCNC(=O)Nc1nc2cc(-c3cnc(N)c(-c4nnnn4-c4cccc(F)c4F)n3)c(OC)cc2[nH]1. The van der Waals surface area contributed by atoms with Crippen molar-refractivity contribution < 1.29 is 18.3 Å². The zero-order valence-electron chi connectivity index (χ0n) is 19.5. The maximum atomic E-state index is 14.5. The van der Waals surface area contributed by atoms with Crippen LogP contribution in [0.4, 0.5) is 25.3 Å². The average Bonchev–Trinajstić information content (AvgIpc) is 3.51. The molecule has 2 aromatic carbocycles. The molecule has 188 valence electrons. The number of halogens is 2. The van der Waals surface area contributed by atoms with Crippen molar-refractivity contribution >= 4 is 28.8 Å². The summed E-state index contributed by atoms with van der Waals surface area (Å²) in [4.78, 5) is 28.0. The van der Waals surface area contributed by atoms with E-state index in [0.717, 1.165) is 10.7 Å². The first-order chi connectivity index (χ1) is 17.9. The van der Waals surface area contributed by atoms with Gasteiger partial charge in [-0.25, -0.2) is 28.5 Å². The van der Waals surface area contributed by atoms with E-state index in [0.29, 0.717) is 34.6 Å². The van der Waals surface area contributed by atoms with Crippen molar-refractivity contribution in [2.75, 3.05) is 24.7 Å². The van der Waals surface area contributed by atoms with Crippen molar-refractivity contribution in [3.05, 3.63) is 48.2 Å². The van der Waals surface area contributed by atoms with Crippen LogP contribution in [-0.2, 0) is 0 Å². The minimum absolute atomic E-state index is 0.0360. The van der Waals surface area contributed by atoms with E-state index in [4.69, 9.17) is 10.5 Å². The van der Waals surface area contributed by atoms with Crippen molar-refractivity contribution in [3.8, 4) is 34.2 Å². The maximum Gasteiger partial charge on any atom is 0.321 e. The number of methoxy groups -OCH3 is 1. The molecule has 37 heavy (non-hydrogen) atoms. The molecule has 0 aliphatic carbocycles. The lowest BCUT2D eigenvalue weighted by molar-refractivity contribution is 0.252. The summed E-state index contributed by atoms with van der Waals surface area (Å²) in [6.07, 6.45) is 1.42.